The van der Waals surface area contributed by atoms with E-state index in [1.54, 1.807) is 0 Å². The van der Waals surface area contributed by atoms with Gasteiger partial charge in [0.1, 0.15) is 17.6 Å². The van der Waals surface area contributed by atoms with Gasteiger partial charge in [-0.05, 0) is 24.3 Å². The average Bonchev–Trinajstić information content (AvgIpc) is 3.48. The van der Waals surface area contributed by atoms with Gasteiger partial charge in [0.25, 0.3) is 18.4 Å². The van der Waals surface area contributed by atoms with Gasteiger partial charge in [-0.15, -0.1) is 11.8 Å². The van der Waals surface area contributed by atoms with E-state index in [0.29, 0.717) is 0 Å². The number of carbonyl (C=O) groups is 1. The predicted octanol–water partition coefficient (Wildman–Crippen LogP) is 3.24. The topological polar surface area (TPSA) is 113 Å². The minimum atomic E-state index is -3.07. The lowest BCUT2D eigenvalue weighted by atomic mass is 9.86. The minimum absolute atomic E-state index is 0.0288. The SMILES string of the molecule is N#Cc1cnc(C(=O)Nc2ccc(F)c([C@@]3(C(F)F)N=C(N)O[C@@H]4S[C@@H]43)c2)c(Cl)c1. The van der Waals surface area contributed by atoms with Crippen molar-refractivity contribution in [3.63, 3.8) is 0 Å². The molecule has 1 amide bonds. The molecule has 0 bridgehead atoms. The van der Waals surface area contributed by atoms with E-state index in [9.17, 15) is 18.0 Å². The highest BCUT2D eigenvalue weighted by Gasteiger charge is 2.65. The second-order valence-corrected chi connectivity index (χ2v) is 8.09. The molecule has 1 fully saturated rings. The van der Waals surface area contributed by atoms with Crippen LogP contribution in [0.15, 0.2) is 35.5 Å². The van der Waals surface area contributed by atoms with Gasteiger partial charge >= 0.3 is 0 Å². The zero-order valence-electron chi connectivity index (χ0n) is 14.8. The Morgan fingerprint density at radius 2 is 2.20 bits per heavy atom. The van der Waals surface area contributed by atoms with Gasteiger partial charge in [-0.3, -0.25) is 4.79 Å². The number of hydrogen-bond acceptors (Lipinski definition) is 7. The standard InChI is InChI=1S/C18H11ClF3N5O2S/c19-10-3-7(5-23)6-25-12(10)14(28)26-8-1-2-11(20)9(4-8)18(16(21)22)13-15(30-13)29-17(24)27-18/h1-4,6,13,15-16H,(H2,24,27)(H,26,28)/t13-,15+,18+/m0/s1. The Balaban J connectivity index is 1.70. The number of fused-ring (bicyclic) bond motifs is 1. The van der Waals surface area contributed by atoms with Crippen LogP contribution < -0.4 is 11.1 Å². The highest BCUT2D eigenvalue weighted by atomic mass is 35.5. The van der Waals surface area contributed by atoms with Crippen LogP contribution in [0, 0.1) is 17.1 Å². The highest BCUT2D eigenvalue weighted by Crippen LogP contribution is 2.59. The predicted molar refractivity (Wildman–Crippen MR) is 104 cm³/mol. The number of amidine groups is 1. The Labute approximate surface area is 177 Å². The van der Waals surface area contributed by atoms with Crippen LogP contribution in [0.5, 0.6) is 0 Å². The smallest absolute Gasteiger partial charge is 0.284 e. The number of aliphatic imine (C=N–C) groups is 1. The molecule has 1 aromatic carbocycles. The van der Waals surface area contributed by atoms with Crippen LogP contribution in [0.25, 0.3) is 0 Å². The fourth-order valence-corrected chi connectivity index (χ4v) is 4.52. The Kier molecular flexibility index (Phi) is 4.99. The molecule has 12 heteroatoms. The van der Waals surface area contributed by atoms with Gasteiger partial charge in [0, 0.05) is 17.4 Å². The first-order valence-electron chi connectivity index (χ1n) is 8.39. The van der Waals surface area contributed by atoms with Crippen molar-refractivity contribution in [3.05, 3.63) is 58.1 Å². The summed E-state index contributed by atoms with van der Waals surface area (Å²) in [6.07, 6.45) is -1.91. The number of thioether (sulfide) groups is 1. The van der Waals surface area contributed by atoms with Gasteiger partial charge < -0.3 is 15.8 Å². The molecule has 154 valence electrons. The molecule has 1 aromatic heterocycles. The summed E-state index contributed by atoms with van der Waals surface area (Å²) in [6, 6.07) is 5.87. The molecule has 2 aromatic rings. The van der Waals surface area contributed by atoms with E-state index in [2.05, 4.69) is 15.3 Å². The first kappa shape index (κ1) is 20.3. The molecular weight excluding hydrogens is 443 g/mol. The van der Waals surface area contributed by atoms with Gasteiger partial charge in [-0.1, -0.05) is 11.6 Å². The van der Waals surface area contributed by atoms with Crippen molar-refractivity contribution in [3.8, 4) is 6.07 Å². The quantitative estimate of drug-likeness (QED) is 0.687. The van der Waals surface area contributed by atoms with Crippen LogP contribution >= 0.6 is 23.4 Å². The number of hydrogen-bond donors (Lipinski definition) is 2. The van der Waals surface area contributed by atoms with E-state index in [1.165, 1.54) is 12.1 Å². The second kappa shape index (κ2) is 7.37. The van der Waals surface area contributed by atoms with Gasteiger partial charge in [0.15, 0.2) is 11.0 Å². The molecule has 2 aliphatic heterocycles. The molecule has 3 heterocycles. The third-order valence-electron chi connectivity index (χ3n) is 4.59. The number of nitrogens with zero attached hydrogens (tertiary/aromatic N) is 3. The molecule has 1 saturated heterocycles. The maximum absolute atomic E-state index is 14.6. The molecular formula is C18H11ClF3N5O2S. The number of carbonyl (C=O) groups excluding carboxylic acids is 1. The van der Waals surface area contributed by atoms with Crippen LogP contribution in [-0.2, 0) is 10.3 Å². The highest BCUT2D eigenvalue weighted by molar-refractivity contribution is 8.07. The molecule has 0 radical (unpaired) electrons. The number of alkyl halides is 2. The number of nitrogens with two attached hydrogens (primary N) is 1. The van der Waals surface area contributed by atoms with Crippen molar-refractivity contribution in [1.82, 2.24) is 4.98 Å². The molecule has 3 N–H and O–H groups in total. The third-order valence-corrected chi connectivity index (χ3v) is 6.10. The lowest BCUT2D eigenvalue weighted by Gasteiger charge is -2.32. The normalized spacial score (nSPS) is 24.3. The van der Waals surface area contributed by atoms with E-state index < -0.39 is 46.0 Å². The summed E-state index contributed by atoms with van der Waals surface area (Å²) in [5.74, 6) is -1.69. The molecule has 4 rings (SSSR count). The summed E-state index contributed by atoms with van der Waals surface area (Å²) in [5.41, 5.74) is 2.23. The summed E-state index contributed by atoms with van der Waals surface area (Å²) >= 11 is 7.03. The summed E-state index contributed by atoms with van der Waals surface area (Å²) in [4.78, 5) is 20.1. The fraction of sp³-hybridized carbons (Fsp3) is 0.222. The number of nitriles is 1. The monoisotopic (exact) mass is 453 g/mol. The van der Waals surface area contributed by atoms with Gasteiger partial charge in [0.2, 0.25) is 0 Å². The van der Waals surface area contributed by atoms with E-state index >= 15 is 0 Å². The number of halogens is 4. The Hall–Kier alpha value is -2.97. The first-order chi connectivity index (χ1) is 14.3. The number of anilines is 1. The minimum Gasteiger partial charge on any atom is -0.450 e. The molecule has 0 unspecified atom stereocenters. The number of benzene rings is 1. The lowest BCUT2D eigenvalue weighted by molar-refractivity contribution is 0.0352. The summed E-state index contributed by atoms with van der Waals surface area (Å²) in [7, 11) is 0. The first-order valence-corrected chi connectivity index (χ1v) is 9.71. The van der Waals surface area contributed by atoms with Crippen molar-refractivity contribution in [1.29, 1.82) is 5.26 Å². The van der Waals surface area contributed by atoms with Crippen molar-refractivity contribution in [2.75, 3.05) is 5.32 Å². The van der Waals surface area contributed by atoms with E-state index in [1.807, 2.05) is 6.07 Å². The molecule has 0 spiro atoms. The zero-order chi connectivity index (χ0) is 21.6. The average molecular weight is 454 g/mol. The number of amides is 1. The maximum atomic E-state index is 14.6. The summed E-state index contributed by atoms with van der Waals surface area (Å²) < 4.78 is 48.0. The largest absolute Gasteiger partial charge is 0.450 e. The van der Waals surface area contributed by atoms with E-state index in [0.717, 1.165) is 30.1 Å². The molecule has 2 aliphatic rings. The summed E-state index contributed by atoms with van der Waals surface area (Å²) in [6.45, 7) is 0. The van der Waals surface area contributed by atoms with Crippen molar-refractivity contribution < 1.29 is 22.7 Å². The van der Waals surface area contributed by atoms with Crippen molar-refractivity contribution >= 4 is 41.0 Å². The van der Waals surface area contributed by atoms with Crippen molar-refractivity contribution in [2.45, 2.75) is 22.7 Å². The van der Waals surface area contributed by atoms with Crippen LogP contribution in [0.4, 0.5) is 18.9 Å². The maximum Gasteiger partial charge on any atom is 0.284 e. The van der Waals surface area contributed by atoms with Crippen LogP contribution in [-0.4, -0.2) is 34.0 Å². The Morgan fingerprint density at radius 3 is 2.87 bits per heavy atom. The zero-order valence-corrected chi connectivity index (χ0v) is 16.3. The number of ether oxygens (including phenoxy) is 1. The molecule has 0 saturated carbocycles. The molecule has 7 nitrogen and oxygen atoms in total. The fourth-order valence-electron chi connectivity index (χ4n) is 3.16. The van der Waals surface area contributed by atoms with Crippen LogP contribution in [0.1, 0.15) is 21.6 Å². The number of nitrogens with one attached hydrogen (secondary N) is 1. The van der Waals surface area contributed by atoms with Crippen LogP contribution in [0.2, 0.25) is 5.02 Å². The van der Waals surface area contributed by atoms with E-state index in [-0.39, 0.29) is 22.0 Å². The van der Waals surface area contributed by atoms with Crippen molar-refractivity contribution in [2.24, 2.45) is 10.7 Å². The number of pyridine rings is 1. The molecule has 3 atom stereocenters. The number of aromatic nitrogens is 1. The Bertz CT molecular complexity index is 1130. The lowest BCUT2D eigenvalue weighted by Crippen LogP contribution is -2.45. The van der Waals surface area contributed by atoms with Gasteiger partial charge in [-0.2, -0.15) is 5.26 Å². The van der Waals surface area contributed by atoms with Gasteiger partial charge in [-0.25, -0.2) is 23.1 Å². The molecule has 0 aliphatic carbocycles. The number of rotatable bonds is 4. The van der Waals surface area contributed by atoms with Gasteiger partial charge in [0.05, 0.1) is 15.8 Å². The second-order valence-electron chi connectivity index (χ2n) is 6.43. The van der Waals surface area contributed by atoms with Crippen LogP contribution in [0.3, 0.4) is 0 Å². The third kappa shape index (κ3) is 3.32. The summed E-state index contributed by atoms with van der Waals surface area (Å²) in [5, 5.41) is 10.4. The Morgan fingerprint density at radius 1 is 1.43 bits per heavy atom. The molecule has 30 heavy (non-hydrogen) atoms. The van der Waals surface area contributed by atoms with E-state index in [4.69, 9.17) is 27.3 Å².